The van der Waals surface area contributed by atoms with Crippen molar-refractivity contribution in [1.29, 1.82) is 0 Å². The number of para-hydroxylation sites is 1. The molecule has 0 fully saturated rings. The fourth-order valence-electron chi connectivity index (χ4n) is 1.30. The Morgan fingerprint density at radius 1 is 1.32 bits per heavy atom. The van der Waals surface area contributed by atoms with Crippen molar-refractivity contribution in [3.8, 4) is 5.75 Å². The number of methoxy groups -OCH3 is 1. The number of ether oxygens (including phenoxy) is 1. The minimum Gasteiger partial charge on any atom is -0.496 e. The number of amides is 3. The molecule has 104 valence electrons. The van der Waals surface area contributed by atoms with Gasteiger partial charge in [-0.3, -0.25) is 10.2 Å². The van der Waals surface area contributed by atoms with Crippen LogP contribution < -0.4 is 26.6 Å². The lowest BCUT2D eigenvalue weighted by Crippen LogP contribution is -2.51. The third-order valence-electron chi connectivity index (χ3n) is 2.34. The summed E-state index contributed by atoms with van der Waals surface area (Å²) in [6, 6.07) is 6.10. The second-order valence-electron chi connectivity index (χ2n) is 3.90. The number of carbonyl (C=O) groups is 2. The largest absolute Gasteiger partial charge is 0.496 e. The molecule has 5 N–H and O–H groups in total. The van der Waals surface area contributed by atoms with Gasteiger partial charge in [-0.25, -0.2) is 10.2 Å². The van der Waals surface area contributed by atoms with Crippen LogP contribution >= 0.6 is 0 Å². The van der Waals surface area contributed by atoms with Crippen LogP contribution in [0.2, 0.25) is 0 Å². The molecule has 0 aliphatic rings. The Morgan fingerprint density at radius 2 is 2.00 bits per heavy atom. The number of hydrazine groups is 1. The Labute approximate surface area is 111 Å². The second kappa shape index (κ2) is 7.22. The highest BCUT2D eigenvalue weighted by atomic mass is 16.5. The summed E-state index contributed by atoms with van der Waals surface area (Å²) in [6.45, 7) is 1.80. The molecular formula is C12H18N4O3. The van der Waals surface area contributed by atoms with E-state index >= 15 is 0 Å². The zero-order valence-corrected chi connectivity index (χ0v) is 10.9. The first-order valence-corrected chi connectivity index (χ1v) is 5.75. The molecule has 0 saturated carbocycles. The molecule has 1 aromatic carbocycles. The van der Waals surface area contributed by atoms with Gasteiger partial charge in [-0.05, 0) is 13.0 Å². The van der Waals surface area contributed by atoms with Gasteiger partial charge in [0.25, 0.3) is 5.91 Å². The average molecular weight is 266 g/mol. The van der Waals surface area contributed by atoms with Gasteiger partial charge in [-0.15, -0.1) is 0 Å². The van der Waals surface area contributed by atoms with Gasteiger partial charge in [0.05, 0.1) is 13.2 Å². The summed E-state index contributed by atoms with van der Waals surface area (Å²) in [6.07, 6.45) is 0. The van der Waals surface area contributed by atoms with Crippen LogP contribution in [0.25, 0.3) is 0 Å². The topological polar surface area (TPSA) is 105 Å². The minimum absolute atomic E-state index is 0.282. The summed E-state index contributed by atoms with van der Waals surface area (Å²) in [5, 5.41) is 2.58. The van der Waals surface area contributed by atoms with Crippen LogP contribution in [-0.2, 0) is 11.3 Å². The van der Waals surface area contributed by atoms with Crippen LogP contribution in [0.5, 0.6) is 5.75 Å². The zero-order valence-electron chi connectivity index (χ0n) is 10.9. The number of carbonyl (C=O) groups excluding carboxylic acids is 2. The summed E-state index contributed by atoms with van der Waals surface area (Å²) in [7, 11) is 1.56. The van der Waals surface area contributed by atoms with Crippen molar-refractivity contribution in [2.75, 3.05) is 7.11 Å². The summed E-state index contributed by atoms with van der Waals surface area (Å²) in [5.74, 6) is 0.217. The molecule has 1 aromatic rings. The maximum absolute atomic E-state index is 11.4. The number of nitrogens with two attached hydrogens (primary N) is 1. The molecule has 0 aliphatic heterocycles. The lowest BCUT2D eigenvalue weighted by Gasteiger charge is -2.12. The van der Waals surface area contributed by atoms with E-state index < -0.39 is 18.0 Å². The van der Waals surface area contributed by atoms with Gasteiger partial charge in [0.15, 0.2) is 0 Å². The van der Waals surface area contributed by atoms with Crippen molar-refractivity contribution in [2.45, 2.75) is 19.5 Å². The molecule has 7 nitrogen and oxygen atoms in total. The van der Waals surface area contributed by atoms with E-state index in [-0.39, 0.29) is 6.54 Å². The molecule has 0 spiro atoms. The highest BCUT2D eigenvalue weighted by Gasteiger charge is 2.08. The highest BCUT2D eigenvalue weighted by molar-refractivity contribution is 5.84. The summed E-state index contributed by atoms with van der Waals surface area (Å²) in [4.78, 5) is 22.5. The predicted molar refractivity (Wildman–Crippen MR) is 70.2 cm³/mol. The van der Waals surface area contributed by atoms with E-state index in [1.807, 2.05) is 18.2 Å². The molecule has 0 saturated heterocycles. The monoisotopic (exact) mass is 266 g/mol. The SMILES string of the molecule is COc1ccccc1CNC(=O)NNC(=O)[C@@H](C)N. The fourth-order valence-corrected chi connectivity index (χ4v) is 1.30. The molecule has 3 amide bonds. The lowest BCUT2D eigenvalue weighted by molar-refractivity contribution is -0.122. The van der Waals surface area contributed by atoms with Gasteiger partial charge in [-0.1, -0.05) is 18.2 Å². The smallest absolute Gasteiger partial charge is 0.333 e. The molecule has 0 unspecified atom stereocenters. The summed E-state index contributed by atoms with van der Waals surface area (Å²) in [5.41, 5.74) is 10.5. The predicted octanol–water partition coefficient (Wildman–Crippen LogP) is -0.127. The summed E-state index contributed by atoms with van der Waals surface area (Å²) >= 11 is 0. The maximum atomic E-state index is 11.4. The van der Waals surface area contributed by atoms with E-state index in [0.29, 0.717) is 5.75 Å². The third kappa shape index (κ3) is 4.84. The molecule has 0 heterocycles. The van der Waals surface area contributed by atoms with Crippen molar-refractivity contribution in [1.82, 2.24) is 16.2 Å². The number of hydrogen-bond donors (Lipinski definition) is 4. The van der Waals surface area contributed by atoms with E-state index in [2.05, 4.69) is 16.2 Å². The Bertz CT molecular complexity index is 448. The number of rotatable bonds is 4. The van der Waals surface area contributed by atoms with E-state index in [1.165, 1.54) is 6.92 Å². The molecular weight excluding hydrogens is 248 g/mol. The van der Waals surface area contributed by atoms with Crippen LogP contribution in [0.4, 0.5) is 4.79 Å². The number of benzene rings is 1. The van der Waals surface area contributed by atoms with Crippen molar-refractivity contribution in [2.24, 2.45) is 5.73 Å². The first-order valence-electron chi connectivity index (χ1n) is 5.75. The van der Waals surface area contributed by atoms with Crippen LogP contribution in [0.1, 0.15) is 12.5 Å². The molecule has 0 bridgehead atoms. The van der Waals surface area contributed by atoms with Crippen LogP contribution in [-0.4, -0.2) is 25.1 Å². The quantitative estimate of drug-likeness (QED) is 0.570. The number of nitrogens with one attached hydrogen (secondary N) is 3. The second-order valence-corrected chi connectivity index (χ2v) is 3.90. The van der Waals surface area contributed by atoms with Crippen LogP contribution in [0.3, 0.4) is 0 Å². The Balaban J connectivity index is 2.40. The van der Waals surface area contributed by atoms with Gasteiger partial charge < -0.3 is 15.8 Å². The first kappa shape index (κ1) is 14.8. The number of hydrogen-bond acceptors (Lipinski definition) is 4. The number of urea groups is 1. The van der Waals surface area contributed by atoms with Gasteiger partial charge in [-0.2, -0.15) is 0 Å². The van der Waals surface area contributed by atoms with Gasteiger partial charge >= 0.3 is 6.03 Å². The standard InChI is InChI=1S/C12H18N4O3/c1-8(13)11(17)15-16-12(18)14-7-9-5-3-4-6-10(9)19-2/h3-6,8H,7,13H2,1-2H3,(H,15,17)(H2,14,16,18)/t8-/m1/s1. The Morgan fingerprint density at radius 3 is 2.63 bits per heavy atom. The fraction of sp³-hybridized carbons (Fsp3) is 0.333. The van der Waals surface area contributed by atoms with Gasteiger partial charge in [0.2, 0.25) is 0 Å². The van der Waals surface area contributed by atoms with E-state index in [1.54, 1.807) is 13.2 Å². The Hall–Kier alpha value is -2.28. The van der Waals surface area contributed by atoms with Crippen molar-refractivity contribution < 1.29 is 14.3 Å². The molecule has 7 heteroatoms. The van der Waals surface area contributed by atoms with Crippen molar-refractivity contribution >= 4 is 11.9 Å². The third-order valence-corrected chi connectivity index (χ3v) is 2.34. The molecule has 0 aliphatic carbocycles. The van der Waals surface area contributed by atoms with Crippen LogP contribution in [0, 0.1) is 0 Å². The first-order chi connectivity index (χ1) is 9.04. The lowest BCUT2D eigenvalue weighted by atomic mass is 10.2. The van der Waals surface area contributed by atoms with Crippen molar-refractivity contribution in [3.63, 3.8) is 0 Å². The maximum Gasteiger partial charge on any atom is 0.333 e. The van der Waals surface area contributed by atoms with E-state index in [0.717, 1.165) is 5.56 Å². The van der Waals surface area contributed by atoms with Gasteiger partial charge in [0, 0.05) is 12.1 Å². The molecule has 0 radical (unpaired) electrons. The Kier molecular flexibility index (Phi) is 5.62. The van der Waals surface area contributed by atoms with Crippen molar-refractivity contribution in [3.05, 3.63) is 29.8 Å². The molecule has 19 heavy (non-hydrogen) atoms. The van der Waals surface area contributed by atoms with E-state index in [4.69, 9.17) is 10.5 Å². The van der Waals surface area contributed by atoms with Gasteiger partial charge in [0.1, 0.15) is 5.75 Å². The summed E-state index contributed by atoms with van der Waals surface area (Å²) < 4.78 is 5.15. The van der Waals surface area contributed by atoms with Crippen LogP contribution in [0.15, 0.2) is 24.3 Å². The highest BCUT2D eigenvalue weighted by Crippen LogP contribution is 2.16. The minimum atomic E-state index is -0.686. The molecule has 0 aromatic heterocycles. The zero-order chi connectivity index (χ0) is 14.3. The molecule has 1 rings (SSSR count). The van der Waals surface area contributed by atoms with E-state index in [9.17, 15) is 9.59 Å². The average Bonchev–Trinajstić information content (AvgIpc) is 2.42. The molecule has 1 atom stereocenters. The normalized spacial score (nSPS) is 11.3.